The van der Waals surface area contributed by atoms with E-state index in [-0.39, 0.29) is 18.5 Å². The average Bonchev–Trinajstić information content (AvgIpc) is 3.04. The molecule has 0 radical (unpaired) electrons. The van der Waals surface area contributed by atoms with Crippen LogP contribution in [-0.4, -0.2) is 23.7 Å². The van der Waals surface area contributed by atoms with Crippen molar-refractivity contribution in [2.24, 2.45) is 0 Å². The Labute approximate surface area is 143 Å². The number of hydrogen-bond acceptors (Lipinski definition) is 3. The maximum atomic E-state index is 12.0. The number of urea groups is 1. The lowest BCUT2D eigenvalue weighted by Gasteiger charge is -2.19. The van der Waals surface area contributed by atoms with Crippen molar-refractivity contribution in [1.29, 1.82) is 0 Å². The second-order valence-corrected chi connectivity index (χ2v) is 6.16. The van der Waals surface area contributed by atoms with E-state index in [1.165, 1.54) is 0 Å². The van der Waals surface area contributed by atoms with Gasteiger partial charge < -0.3 is 15.7 Å². The van der Waals surface area contributed by atoms with Gasteiger partial charge in [0.05, 0.1) is 6.04 Å². The predicted octanol–water partition coefficient (Wildman–Crippen LogP) is 3.65. The first kappa shape index (κ1) is 17.3. The van der Waals surface area contributed by atoms with Crippen molar-refractivity contribution in [2.45, 2.75) is 18.9 Å². The average molecular weight is 353 g/mol. The number of carbonyl (C=O) groups excluding carboxylic acids is 1. The van der Waals surface area contributed by atoms with Crippen molar-refractivity contribution in [3.63, 3.8) is 0 Å². The molecule has 2 rings (SSSR count). The van der Waals surface area contributed by atoms with E-state index in [4.69, 9.17) is 16.7 Å². The first-order valence-corrected chi connectivity index (χ1v) is 8.42. The minimum absolute atomic E-state index is 0.0332. The highest BCUT2D eigenvalue weighted by Gasteiger charge is 2.17. The van der Waals surface area contributed by atoms with Gasteiger partial charge in [0.2, 0.25) is 0 Å². The SMILES string of the molecule is O=C(O)CCCNC(=O)NC(c1ccc(Cl)cc1)c1ccsc1. The van der Waals surface area contributed by atoms with Crippen LogP contribution in [0.15, 0.2) is 41.1 Å². The van der Waals surface area contributed by atoms with Gasteiger partial charge in [-0.1, -0.05) is 23.7 Å². The molecule has 122 valence electrons. The summed E-state index contributed by atoms with van der Waals surface area (Å²) in [7, 11) is 0. The van der Waals surface area contributed by atoms with Crippen LogP contribution in [0.2, 0.25) is 5.02 Å². The standard InChI is InChI=1S/C16H17ClN2O3S/c17-13-5-3-11(4-6-13)15(12-7-9-23-10-12)19-16(22)18-8-1-2-14(20)21/h3-7,9-10,15H,1-2,8H2,(H,20,21)(H2,18,19,22). The maximum absolute atomic E-state index is 12.0. The molecule has 1 atom stereocenters. The van der Waals surface area contributed by atoms with Gasteiger partial charge in [-0.2, -0.15) is 11.3 Å². The lowest BCUT2D eigenvalue weighted by atomic mass is 10.0. The number of benzene rings is 1. The first-order chi connectivity index (χ1) is 11.1. The molecule has 5 nitrogen and oxygen atoms in total. The number of rotatable bonds is 7. The van der Waals surface area contributed by atoms with Crippen LogP contribution in [0.5, 0.6) is 0 Å². The second kappa shape index (κ2) is 8.55. The number of nitrogens with one attached hydrogen (secondary N) is 2. The van der Waals surface area contributed by atoms with Gasteiger partial charge in [0.1, 0.15) is 0 Å². The number of carbonyl (C=O) groups is 2. The van der Waals surface area contributed by atoms with Crippen LogP contribution in [-0.2, 0) is 4.79 Å². The summed E-state index contributed by atoms with van der Waals surface area (Å²) in [5.41, 5.74) is 1.91. The summed E-state index contributed by atoms with van der Waals surface area (Å²) in [5.74, 6) is -0.871. The van der Waals surface area contributed by atoms with Gasteiger partial charge in [0.15, 0.2) is 0 Å². The lowest BCUT2D eigenvalue weighted by Crippen LogP contribution is -2.38. The maximum Gasteiger partial charge on any atom is 0.315 e. The van der Waals surface area contributed by atoms with Crippen molar-refractivity contribution >= 4 is 34.9 Å². The van der Waals surface area contributed by atoms with E-state index < -0.39 is 5.97 Å². The first-order valence-electron chi connectivity index (χ1n) is 7.10. The van der Waals surface area contributed by atoms with Gasteiger partial charge in [-0.3, -0.25) is 4.79 Å². The molecule has 3 N–H and O–H groups in total. The normalized spacial score (nSPS) is 11.7. The quantitative estimate of drug-likeness (QED) is 0.665. The van der Waals surface area contributed by atoms with E-state index in [1.54, 1.807) is 23.5 Å². The zero-order valence-corrected chi connectivity index (χ0v) is 13.9. The van der Waals surface area contributed by atoms with E-state index in [2.05, 4.69) is 10.6 Å². The Bertz CT molecular complexity index is 644. The molecule has 0 saturated carbocycles. The van der Waals surface area contributed by atoms with Crippen LogP contribution in [0.25, 0.3) is 0 Å². The number of thiophene rings is 1. The zero-order chi connectivity index (χ0) is 16.7. The third kappa shape index (κ3) is 5.58. The molecule has 0 fully saturated rings. The van der Waals surface area contributed by atoms with Crippen LogP contribution >= 0.6 is 22.9 Å². The molecule has 0 aliphatic rings. The molecule has 0 aliphatic carbocycles. The van der Waals surface area contributed by atoms with E-state index in [0.29, 0.717) is 18.0 Å². The van der Waals surface area contributed by atoms with Crippen molar-refractivity contribution < 1.29 is 14.7 Å². The largest absolute Gasteiger partial charge is 0.481 e. The molecule has 0 aliphatic heterocycles. The molecule has 1 unspecified atom stereocenters. The summed E-state index contributed by atoms with van der Waals surface area (Å²) in [6.07, 6.45) is 0.429. The van der Waals surface area contributed by atoms with Crippen LogP contribution in [0.3, 0.4) is 0 Å². The summed E-state index contributed by atoms with van der Waals surface area (Å²) in [6, 6.07) is 8.64. The summed E-state index contributed by atoms with van der Waals surface area (Å²) < 4.78 is 0. The Morgan fingerprint density at radius 1 is 1.17 bits per heavy atom. The Kier molecular flexibility index (Phi) is 6.43. The second-order valence-electron chi connectivity index (χ2n) is 4.94. The van der Waals surface area contributed by atoms with Crippen LogP contribution in [0.4, 0.5) is 4.79 Å². The third-order valence-electron chi connectivity index (χ3n) is 3.21. The topological polar surface area (TPSA) is 78.4 Å². The molecule has 1 aromatic heterocycles. The minimum atomic E-state index is -0.871. The van der Waals surface area contributed by atoms with Gasteiger partial charge in [0.25, 0.3) is 0 Å². The molecule has 0 bridgehead atoms. The fraction of sp³-hybridized carbons (Fsp3) is 0.250. The van der Waals surface area contributed by atoms with Gasteiger partial charge in [-0.25, -0.2) is 4.79 Å². The molecule has 23 heavy (non-hydrogen) atoms. The Balaban J connectivity index is 2.00. The minimum Gasteiger partial charge on any atom is -0.481 e. The lowest BCUT2D eigenvalue weighted by molar-refractivity contribution is -0.137. The molecule has 0 saturated heterocycles. The van der Waals surface area contributed by atoms with Crippen LogP contribution < -0.4 is 10.6 Å². The Hall–Kier alpha value is -2.05. The van der Waals surface area contributed by atoms with Crippen molar-refractivity contribution in [1.82, 2.24) is 10.6 Å². The molecule has 0 spiro atoms. The van der Waals surface area contributed by atoms with Crippen molar-refractivity contribution in [3.05, 3.63) is 57.2 Å². The van der Waals surface area contributed by atoms with Gasteiger partial charge in [-0.05, 0) is 46.5 Å². The third-order valence-corrected chi connectivity index (χ3v) is 4.16. The summed E-state index contributed by atoms with van der Waals surface area (Å²) in [6.45, 7) is 0.315. The van der Waals surface area contributed by atoms with Crippen molar-refractivity contribution in [3.8, 4) is 0 Å². The highest BCUT2D eigenvalue weighted by Crippen LogP contribution is 2.25. The molecule has 2 amide bonds. The van der Waals surface area contributed by atoms with Gasteiger partial charge in [0, 0.05) is 18.0 Å². The number of amides is 2. The van der Waals surface area contributed by atoms with Crippen molar-refractivity contribution in [2.75, 3.05) is 6.54 Å². The molecule has 1 aromatic carbocycles. The number of hydrogen-bond donors (Lipinski definition) is 3. The Morgan fingerprint density at radius 2 is 1.91 bits per heavy atom. The molecular weight excluding hydrogens is 336 g/mol. The van der Waals surface area contributed by atoms with E-state index in [0.717, 1.165) is 11.1 Å². The number of halogens is 1. The number of carboxylic acids is 1. The van der Waals surface area contributed by atoms with E-state index >= 15 is 0 Å². The van der Waals surface area contributed by atoms with E-state index in [9.17, 15) is 9.59 Å². The zero-order valence-electron chi connectivity index (χ0n) is 12.3. The monoisotopic (exact) mass is 352 g/mol. The highest BCUT2D eigenvalue weighted by atomic mass is 35.5. The fourth-order valence-corrected chi connectivity index (χ4v) is 2.89. The summed E-state index contributed by atoms with van der Waals surface area (Å²) >= 11 is 7.47. The number of aliphatic carboxylic acids is 1. The molecule has 7 heteroatoms. The van der Waals surface area contributed by atoms with Gasteiger partial charge >= 0.3 is 12.0 Å². The van der Waals surface area contributed by atoms with E-state index in [1.807, 2.05) is 29.0 Å². The summed E-state index contributed by atoms with van der Waals surface area (Å²) in [5, 5.41) is 18.7. The summed E-state index contributed by atoms with van der Waals surface area (Å²) in [4.78, 5) is 22.5. The highest BCUT2D eigenvalue weighted by molar-refractivity contribution is 7.08. The van der Waals surface area contributed by atoms with Crippen LogP contribution in [0.1, 0.15) is 30.0 Å². The number of carboxylic acid groups (broad SMARTS) is 1. The Morgan fingerprint density at radius 3 is 2.52 bits per heavy atom. The van der Waals surface area contributed by atoms with Crippen LogP contribution in [0, 0.1) is 0 Å². The molecule has 1 heterocycles. The fourth-order valence-electron chi connectivity index (χ4n) is 2.08. The molecule has 2 aromatic rings. The molecular formula is C16H17ClN2O3S. The van der Waals surface area contributed by atoms with Gasteiger partial charge in [-0.15, -0.1) is 0 Å². The smallest absolute Gasteiger partial charge is 0.315 e. The predicted molar refractivity (Wildman–Crippen MR) is 91.0 cm³/mol.